The second-order valence-electron chi connectivity index (χ2n) is 3.95. The van der Waals surface area contributed by atoms with Gasteiger partial charge < -0.3 is 4.98 Å². The Morgan fingerprint density at radius 2 is 2.33 bits per heavy atom. The minimum Gasteiger partial charge on any atom is -0.358 e. The minimum atomic E-state index is -0.412. The number of non-ortho nitro benzene ring substituents is 1. The number of allylic oxidation sites excluding steroid dienone is 2. The van der Waals surface area contributed by atoms with Gasteiger partial charge in [-0.2, -0.15) is 5.26 Å². The van der Waals surface area contributed by atoms with Gasteiger partial charge in [-0.25, -0.2) is 0 Å². The van der Waals surface area contributed by atoms with E-state index >= 15 is 0 Å². The van der Waals surface area contributed by atoms with Crippen molar-refractivity contribution in [1.82, 2.24) is 4.98 Å². The zero-order chi connectivity index (χ0) is 13.1. The Kier molecular flexibility index (Phi) is 3.11. The Hall–Kier alpha value is -2.61. The van der Waals surface area contributed by atoms with Gasteiger partial charge in [0, 0.05) is 29.3 Å². The van der Waals surface area contributed by atoms with Crippen LogP contribution in [-0.2, 0) is 6.42 Å². The van der Waals surface area contributed by atoms with E-state index in [1.807, 2.05) is 13.0 Å². The van der Waals surface area contributed by atoms with E-state index in [0.717, 1.165) is 22.2 Å². The Balaban J connectivity index is 2.49. The third-order valence-corrected chi connectivity index (χ3v) is 2.83. The van der Waals surface area contributed by atoms with Gasteiger partial charge in [-0.3, -0.25) is 10.1 Å². The van der Waals surface area contributed by atoms with Crippen LogP contribution in [0.25, 0.3) is 10.9 Å². The summed E-state index contributed by atoms with van der Waals surface area (Å²) in [6, 6.07) is 6.71. The first-order valence-electron chi connectivity index (χ1n) is 5.43. The lowest BCUT2D eigenvalue weighted by molar-refractivity contribution is -0.384. The summed E-state index contributed by atoms with van der Waals surface area (Å²) in [5, 5.41) is 20.1. The summed E-state index contributed by atoms with van der Waals surface area (Å²) in [5.74, 6) is 0. The number of aromatic amines is 1. The van der Waals surface area contributed by atoms with E-state index in [1.165, 1.54) is 18.2 Å². The predicted molar refractivity (Wildman–Crippen MR) is 68.1 cm³/mol. The number of aryl methyl sites for hydroxylation is 1. The summed E-state index contributed by atoms with van der Waals surface area (Å²) in [4.78, 5) is 13.4. The topological polar surface area (TPSA) is 82.7 Å². The number of nitrogens with zero attached hydrogens (tertiary/aromatic N) is 2. The van der Waals surface area contributed by atoms with E-state index in [-0.39, 0.29) is 5.69 Å². The molecule has 1 aromatic heterocycles. The number of nitro benzene ring substituents is 1. The number of H-pyrrole nitrogens is 1. The van der Waals surface area contributed by atoms with Crippen molar-refractivity contribution in [1.29, 1.82) is 5.26 Å². The quantitative estimate of drug-likeness (QED) is 0.509. The van der Waals surface area contributed by atoms with Crippen LogP contribution in [0.1, 0.15) is 11.3 Å². The molecule has 0 unspecified atom stereocenters. The van der Waals surface area contributed by atoms with E-state index in [2.05, 4.69) is 4.98 Å². The molecule has 2 aromatic rings. The normalized spacial score (nSPS) is 10.9. The first-order chi connectivity index (χ1) is 8.63. The van der Waals surface area contributed by atoms with Crippen LogP contribution in [-0.4, -0.2) is 9.91 Å². The fourth-order valence-electron chi connectivity index (χ4n) is 1.98. The first kappa shape index (κ1) is 11.9. The second kappa shape index (κ2) is 4.72. The standard InChI is InChI=1S/C13H11N3O2/c1-9-11(4-2-3-7-14)12-6-5-10(16(17)18)8-13(12)15-9/h2-3,5-6,8,15H,4H2,1H3/b3-2-. The van der Waals surface area contributed by atoms with Crippen molar-refractivity contribution in [3.63, 3.8) is 0 Å². The molecule has 0 amide bonds. The number of nitro groups is 1. The molecule has 0 aliphatic heterocycles. The van der Waals surface area contributed by atoms with Crippen molar-refractivity contribution in [2.75, 3.05) is 0 Å². The first-order valence-corrected chi connectivity index (χ1v) is 5.43. The largest absolute Gasteiger partial charge is 0.358 e. The van der Waals surface area contributed by atoms with Gasteiger partial charge >= 0.3 is 0 Å². The molecule has 90 valence electrons. The third-order valence-electron chi connectivity index (χ3n) is 2.83. The maximum Gasteiger partial charge on any atom is 0.271 e. The van der Waals surface area contributed by atoms with Crippen LogP contribution in [0.5, 0.6) is 0 Å². The molecule has 5 nitrogen and oxygen atoms in total. The lowest BCUT2D eigenvalue weighted by Gasteiger charge is -1.96. The monoisotopic (exact) mass is 241 g/mol. The van der Waals surface area contributed by atoms with E-state index in [9.17, 15) is 10.1 Å². The molecule has 2 rings (SSSR count). The Bertz CT molecular complexity index is 677. The minimum absolute atomic E-state index is 0.0721. The van der Waals surface area contributed by atoms with E-state index in [0.29, 0.717) is 6.42 Å². The van der Waals surface area contributed by atoms with Gasteiger partial charge in [0.1, 0.15) is 0 Å². The predicted octanol–water partition coefficient (Wildman–Crippen LogP) is 3.01. The van der Waals surface area contributed by atoms with Gasteiger partial charge in [0.05, 0.1) is 16.5 Å². The number of aromatic nitrogens is 1. The van der Waals surface area contributed by atoms with Crippen molar-refractivity contribution >= 4 is 16.6 Å². The van der Waals surface area contributed by atoms with Crippen molar-refractivity contribution in [2.24, 2.45) is 0 Å². The molecule has 0 saturated heterocycles. The van der Waals surface area contributed by atoms with Gasteiger partial charge in [0.2, 0.25) is 0 Å². The van der Waals surface area contributed by atoms with Gasteiger partial charge in [0.15, 0.2) is 0 Å². The molecule has 0 bridgehead atoms. The molecule has 18 heavy (non-hydrogen) atoms. The van der Waals surface area contributed by atoms with E-state index in [1.54, 1.807) is 12.1 Å². The highest BCUT2D eigenvalue weighted by Gasteiger charge is 2.11. The van der Waals surface area contributed by atoms with Gasteiger partial charge in [-0.1, -0.05) is 6.08 Å². The SMILES string of the molecule is Cc1[nH]c2cc([N+](=O)[O-])ccc2c1C/C=C\C#N. The molecule has 0 atom stereocenters. The number of hydrogen-bond acceptors (Lipinski definition) is 3. The van der Waals surface area contributed by atoms with Gasteiger partial charge in [-0.05, 0) is 25.0 Å². The van der Waals surface area contributed by atoms with Gasteiger partial charge in [-0.15, -0.1) is 0 Å². The highest BCUT2D eigenvalue weighted by Crippen LogP contribution is 2.26. The van der Waals surface area contributed by atoms with Crippen molar-refractivity contribution in [2.45, 2.75) is 13.3 Å². The fraction of sp³-hybridized carbons (Fsp3) is 0.154. The number of fused-ring (bicyclic) bond motifs is 1. The Morgan fingerprint density at radius 3 is 3.00 bits per heavy atom. The Labute approximate surface area is 104 Å². The summed E-state index contributed by atoms with van der Waals surface area (Å²) in [5.41, 5.74) is 2.85. The van der Waals surface area contributed by atoms with Crippen LogP contribution >= 0.6 is 0 Å². The molecule has 0 aliphatic rings. The molecule has 1 aromatic carbocycles. The molecule has 0 aliphatic carbocycles. The van der Waals surface area contributed by atoms with Crippen molar-refractivity contribution in [3.8, 4) is 6.07 Å². The molecule has 1 heterocycles. The van der Waals surface area contributed by atoms with Crippen molar-refractivity contribution in [3.05, 3.63) is 51.7 Å². The zero-order valence-electron chi connectivity index (χ0n) is 9.80. The third kappa shape index (κ3) is 2.09. The van der Waals surface area contributed by atoms with Crippen LogP contribution in [0.2, 0.25) is 0 Å². The molecule has 5 heteroatoms. The van der Waals surface area contributed by atoms with Crippen LogP contribution in [0, 0.1) is 28.4 Å². The summed E-state index contributed by atoms with van der Waals surface area (Å²) < 4.78 is 0. The average molecular weight is 241 g/mol. The van der Waals surface area contributed by atoms with E-state index < -0.39 is 4.92 Å². The lowest BCUT2D eigenvalue weighted by Crippen LogP contribution is -1.87. The molecule has 0 spiro atoms. The summed E-state index contributed by atoms with van der Waals surface area (Å²) >= 11 is 0. The number of benzene rings is 1. The maximum atomic E-state index is 10.7. The molecule has 0 fully saturated rings. The van der Waals surface area contributed by atoms with Crippen LogP contribution in [0.15, 0.2) is 30.4 Å². The summed E-state index contributed by atoms with van der Waals surface area (Å²) in [6.07, 6.45) is 3.85. The molecular weight excluding hydrogens is 230 g/mol. The number of nitriles is 1. The molecule has 0 saturated carbocycles. The zero-order valence-corrected chi connectivity index (χ0v) is 9.80. The average Bonchev–Trinajstić information content (AvgIpc) is 2.65. The highest BCUT2D eigenvalue weighted by molar-refractivity contribution is 5.86. The summed E-state index contributed by atoms with van der Waals surface area (Å²) in [6.45, 7) is 1.92. The van der Waals surface area contributed by atoms with Crippen molar-refractivity contribution < 1.29 is 4.92 Å². The molecule has 1 N–H and O–H groups in total. The fourth-order valence-corrected chi connectivity index (χ4v) is 1.98. The highest BCUT2D eigenvalue weighted by atomic mass is 16.6. The van der Waals surface area contributed by atoms with Crippen LogP contribution < -0.4 is 0 Å². The maximum absolute atomic E-state index is 10.7. The van der Waals surface area contributed by atoms with Crippen LogP contribution in [0.4, 0.5) is 5.69 Å². The summed E-state index contributed by atoms with van der Waals surface area (Å²) in [7, 11) is 0. The number of rotatable bonds is 3. The Morgan fingerprint density at radius 1 is 1.56 bits per heavy atom. The molecular formula is C13H11N3O2. The molecule has 0 radical (unpaired) electrons. The second-order valence-corrected chi connectivity index (χ2v) is 3.95. The smallest absolute Gasteiger partial charge is 0.271 e. The van der Waals surface area contributed by atoms with Crippen LogP contribution in [0.3, 0.4) is 0 Å². The lowest BCUT2D eigenvalue weighted by atomic mass is 10.1. The number of nitrogens with one attached hydrogen (secondary N) is 1. The number of hydrogen-bond donors (Lipinski definition) is 1. The van der Waals surface area contributed by atoms with E-state index in [4.69, 9.17) is 5.26 Å². The van der Waals surface area contributed by atoms with Gasteiger partial charge in [0.25, 0.3) is 5.69 Å².